The fraction of sp³-hybridized carbons (Fsp3) is 0.294. The molecule has 3 N–H and O–H groups in total. The summed E-state index contributed by atoms with van der Waals surface area (Å²) in [6, 6.07) is 19.2. The molecule has 1 aliphatic heterocycles. The van der Waals surface area contributed by atoms with Crippen LogP contribution in [-0.4, -0.2) is 13.2 Å². The smallest absolute Gasteiger partial charge is 0.0513 e. The van der Waals surface area contributed by atoms with Crippen LogP contribution in [0.15, 0.2) is 54.6 Å². The lowest BCUT2D eigenvalue weighted by molar-refractivity contribution is 0.177. The third-order valence-corrected chi connectivity index (χ3v) is 3.99. The lowest BCUT2D eigenvalue weighted by atomic mass is 9.91. The summed E-state index contributed by atoms with van der Waals surface area (Å²) in [7, 11) is 0. The van der Waals surface area contributed by atoms with E-state index in [-0.39, 0.29) is 6.04 Å². The van der Waals surface area contributed by atoms with Crippen LogP contribution in [0.25, 0.3) is 11.1 Å². The van der Waals surface area contributed by atoms with Crippen molar-refractivity contribution in [3.8, 4) is 11.1 Å². The molecular formula is C17H20N2O. The molecule has 2 unspecified atom stereocenters. The highest BCUT2D eigenvalue weighted by molar-refractivity contribution is 5.63. The molecule has 0 radical (unpaired) electrons. The van der Waals surface area contributed by atoms with Gasteiger partial charge < -0.3 is 4.74 Å². The van der Waals surface area contributed by atoms with Crippen LogP contribution in [-0.2, 0) is 4.74 Å². The molecule has 0 aliphatic carbocycles. The van der Waals surface area contributed by atoms with Crippen molar-refractivity contribution < 1.29 is 4.74 Å². The summed E-state index contributed by atoms with van der Waals surface area (Å²) in [5, 5.41) is 0. The van der Waals surface area contributed by atoms with Gasteiger partial charge in [0.2, 0.25) is 0 Å². The third kappa shape index (κ3) is 2.75. The molecule has 2 aromatic carbocycles. The summed E-state index contributed by atoms with van der Waals surface area (Å²) in [6.07, 6.45) is 1.06. The van der Waals surface area contributed by atoms with Crippen LogP contribution in [0.5, 0.6) is 0 Å². The maximum absolute atomic E-state index is 5.73. The molecule has 2 atom stereocenters. The van der Waals surface area contributed by atoms with Crippen molar-refractivity contribution >= 4 is 0 Å². The van der Waals surface area contributed by atoms with Gasteiger partial charge in [0.15, 0.2) is 0 Å². The van der Waals surface area contributed by atoms with E-state index in [0.29, 0.717) is 5.92 Å². The van der Waals surface area contributed by atoms with Crippen molar-refractivity contribution in [1.82, 2.24) is 5.43 Å². The SMILES string of the molecule is NNC(c1ccc(-c2ccccc2)cc1)C1CCOC1. The van der Waals surface area contributed by atoms with Gasteiger partial charge in [-0.05, 0) is 23.1 Å². The van der Waals surface area contributed by atoms with Crippen molar-refractivity contribution in [1.29, 1.82) is 0 Å². The second-order valence-electron chi connectivity index (χ2n) is 5.26. The van der Waals surface area contributed by atoms with Gasteiger partial charge >= 0.3 is 0 Å². The highest BCUT2D eigenvalue weighted by atomic mass is 16.5. The van der Waals surface area contributed by atoms with Crippen molar-refractivity contribution in [2.24, 2.45) is 11.8 Å². The molecule has 1 saturated heterocycles. The number of hydrogen-bond donors (Lipinski definition) is 2. The summed E-state index contributed by atoms with van der Waals surface area (Å²) in [5.74, 6) is 6.19. The number of benzene rings is 2. The molecule has 20 heavy (non-hydrogen) atoms. The topological polar surface area (TPSA) is 47.3 Å². The number of hydrogen-bond acceptors (Lipinski definition) is 3. The molecule has 104 valence electrons. The predicted molar refractivity (Wildman–Crippen MR) is 80.9 cm³/mol. The van der Waals surface area contributed by atoms with Crippen molar-refractivity contribution in [2.45, 2.75) is 12.5 Å². The Morgan fingerprint density at radius 3 is 2.30 bits per heavy atom. The molecule has 0 spiro atoms. The Kier molecular flexibility index (Phi) is 4.11. The second-order valence-corrected chi connectivity index (χ2v) is 5.26. The van der Waals surface area contributed by atoms with Gasteiger partial charge in [0.05, 0.1) is 12.6 Å². The van der Waals surface area contributed by atoms with Gasteiger partial charge in [0.25, 0.3) is 0 Å². The zero-order valence-electron chi connectivity index (χ0n) is 11.5. The Hall–Kier alpha value is -1.68. The minimum atomic E-state index is 0.169. The Morgan fingerprint density at radius 1 is 1.00 bits per heavy atom. The van der Waals surface area contributed by atoms with Crippen LogP contribution < -0.4 is 11.3 Å². The minimum Gasteiger partial charge on any atom is -0.381 e. The summed E-state index contributed by atoms with van der Waals surface area (Å²) in [4.78, 5) is 0. The van der Waals surface area contributed by atoms with E-state index in [1.165, 1.54) is 16.7 Å². The van der Waals surface area contributed by atoms with Gasteiger partial charge in [-0.15, -0.1) is 0 Å². The number of hydrazine groups is 1. The number of nitrogens with one attached hydrogen (secondary N) is 1. The van der Waals surface area contributed by atoms with Gasteiger partial charge in [-0.3, -0.25) is 11.3 Å². The molecule has 0 bridgehead atoms. The molecular weight excluding hydrogens is 248 g/mol. The standard InChI is InChI=1S/C17H20N2O/c18-19-17(16-10-11-20-12-16)15-8-6-14(7-9-15)13-4-2-1-3-5-13/h1-9,16-17,19H,10-12,18H2. The number of nitrogens with two attached hydrogens (primary N) is 1. The van der Waals surface area contributed by atoms with Gasteiger partial charge in [-0.2, -0.15) is 0 Å². The monoisotopic (exact) mass is 268 g/mol. The summed E-state index contributed by atoms with van der Waals surface area (Å²) >= 11 is 0. The molecule has 3 nitrogen and oxygen atoms in total. The Bertz CT molecular complexity index is 533. The average molecular weight is 268 g/mol. The molecule has 1 fully saturated rings. The van der Waals surface area contributed by atoms with Crippen molar-refractivity contribution in [3.05, 3.63) is 60.2 Å². The first-order valence-corrected chi connectivity index (χ1v) is 7.08. The van der Waals surface area contributed by atoms with Gasteiger partial charge in [-0.25, -0.2) is 0 Å². The quantitative estimate of drug-likeness (QED) is 0.662. The van der Waals surface area contributed by atoms with Crippen LogP contribution in [0.2, 0.25) is 0 Å². The number of rotatable bonds is 4. The highest BCUT2D eigenvalue weighted by Gasteiger charge is 2.26. The van der Waals surface area contributed by atoms with Crippen molar-refractivity contribution in [2.75, 3.05) is 13.2 Å². The molecule has 0 amide bonds. The minimum absolute atomic E-state index is 0.169. The summed E-state index contributed by atoms with van der Waals surface area (Å²) in [6.45, 7) is 1.63. The summed E-state index contributed by atoms with van der Waals surface area (Å²) in [5.41, 5.74) is 6.63. The molecule has 3 rings (SSSR count). The fourth-order valence-corrected chi connectivity index (χ4v) is 2.83. The van der Waals surface area contributed by atoms with E-state index in [9.17, 15) is 0 Å². The second kappa shape index (κ2) is 6.18. The first-order chi connectivity index (χ1) is 9.88. The molecule has 2 aromatic rings. The van der Waals surface area contributed by atoms with E-state index in [0.717, 1.165) is 19.6 Å². The van der Waals surface area contributed by atoms with Gasteiger partial charge in [0.1, 0.15) is 0 Å². The Labute approximate surface area is 119 Å². The first-order valence-electron chi connectivity index (χ1n) is 7.08. The molecule has 1 aliphatic rings. The Balaban J connectivity index is 1.81. The van der Waals surface area contributed by atoms with E-state index in [1.807, 2.05) is 6.07 Å². The van der Waals surface area contributed by atoms with Gasteiger partial charge in [0, 0.05) is 12.5 Å². The van der Waals surface area contributed by atoms with Crippen LogP contribution in [0.1, 0.15) is 18.0 Å². The van der Waals surface area contributed by atoms with Crippen LogP contribution in [0.3, 0.4) is 0 Å². The van der Waals surface area contributed by atoms with Crippen LogP contribution in [0, 0.1) is 5.92 Å². The van der Waals surface area contributed by atoms with E-state index >= 15 is 0 Å². The maximum Gasteiger partial charge on any atom is 0.0513 e. The lowest BCUT2D eigenvalue weighted by Crippen LogP contribution is -2.33. The van der Waals surface area contributed by atoms with Crippen LogP contribution >= 0.6 is 0 Å². The zero-order valence-corrected chi connectivity index (χ0v) is 11.5. The lowest BCUT2D eigenvalue weighted by Gasteiger charge is -2.22. The molecule has 0 aromatic heterocycles. The summed E-state index contributed by atoms with van der Waals surface area (Å²) < 4.78 is 5.46. The van der Waals surface area contributed by atoms with Gasteiger partial charge in [-0.1, -0.05) is 54.6 Å². The van der Waals surface area contributed by atoms with E-state index in [2.05, 4.69) is 54.0 Å². The predicted octanol–water partition coefficient (Wildman–Crippen LogP) is 2.89. The fourth-order valence-electron chi connectivity index (χ4n) is 2.83. The molecule has 1 heterocycles. The zero-order chi connectivity index (χ0) is 13.8. The first kappa shape index (κ1) is 13.3. The van der Waals surface area contributed by atoms with Crippen LogP contribution in [0.4, 0.5) is 0 Å². The van der Waals surface area contributed by atoms with Crippen molar-refractivity contribution in [3.63, 3.8) is 0 Å². The largest absolute Gasteiger partial charge is 0.381 e. The van der Waals surface area contributed by atoms with E-state index in [1.54, 1.807) is 0 Å². The van der Waals surface area contributed by atoms with E-state index < -0.39 is 0 Å². The number of ether oxygens (including phenoxy) is 1. The van der Waals surface area contributed by atoms with E-state index in [4.69, 9.17) is 10.6 Å². The highest BCUT2D eigenvalue weighted by Crippen LogP contribution is 2.29. The third-order valence-electron chi connectivity index (χ3n) is 3.99. The normalized spacial score (nSPS) is 19.9. The Morgan fingerprint density at radius 2 is 1.70 bits per heavy atom. The molecule has 3 heteroatoms. The molecule has 0 saturated carbocycles. The maximum atomic E-state index is 5.73. The average Bonchev–Trinajstić information content (AvgIpc) is 3.04.